The first-order valence-electron chi connectivity index (χ1n) is 4.85. The van der Waals surface area contributed by atoms with Crippen LogP contribution in [-0.4, -0.2) is 49.2 Å². The Kier molecular flexibility index (Phi) is 3.46. The molecule has 15 heavy (non-hydrogen) atoms. The van der Waals surface area contributed by atoms with Crippen LogP contribution in [0.15, 0.2) is 0 Å². The minimum atomic E-state index is -4.12. The summed E-state index contributed by atoms with van der Waals surface area (Å²) in [6, 6.07) is -0.212. The molecule has 0 saturated carbocycles. The number of likely N-dealkylation sites (tertiary alicyclic amines) is 1. The summed E-state index contributed by atoms with van der Waals surface area (Å²) >= 11 is 0. The first-order valence-corrected chi connectivity index (χ1v) is 4.85. The average molecular weight is 224 g/mol. The van der Waals surface area contributed by atoms with Crippen LogP contribution in [0.25, 0.3) is 0 Å². The predicted molar refractivity (Wildman–Crippen MR) is 49.4 cm³/mol. The molecule has 1 heterocycles. The second-order valence-corrected chi connectivity index (χ2v) is 3.98. The van der Waals surface area contributed by atoms with Crippen molar-refractivity contribution >= 4 is 6.03 Å². The molecule has 6 heteroatoms. The number of rotatable bonds is 0. The van der Waals surface area contributed by atoms with Crippen LogP contribution in [0.2, 0.25) is 0 Å². The Morgan fingerprint density at radius 1 is 1.27 bits per heavy atom. The number of hydrogen-bond donors (Lipinski definition) is 0. The van der Waals surface area contributed by atoms with E-state index in [0.29, 0.717) is 0 Å². The summed E-state index contributed by atoms with van der Waals surface area (Å²) in [5.74, 6) is -1.25. The molecular formula is C9H15F3N2O. The van der Waals surface area contributed by atoms with E-state index in [-0.39, 0.29) is 32.0 Å². The summed E-state index contributed by atoms with van der Waals surface area (Å²) in [5, 5.41) is 0. The van der Waals surface area contributed by atoms with Gasteiger partial charge in [-0.05, 0) is 12.8 Å². The Labute approximate surface area is 86.8 Å². The summed E-state index contributed by atoms with van der Waals surface area (Å²) in [4.78, 5) is 14.3. The molecular weight excluding hydrogens is 209 g/mol. The Hall–Kier alpha value is -0.940. The van der Waals surface area contributed by atoms with E-state index in [1.807, 2.05) is 0 Å². The van der Waals surface area contributed by atoms with Gasteiger partial charge in [0.25, 0.3) is 0 Å². The van der Waals surface area contributed by atoms with Crippen molar-refractivity contribution in [2.75, 3.05) is 27.2 Å². The van der Waals surface area contributed by atoms with Gasteiger partial charge in [0.15, 0.2) is 0 Å². The highest BCUT2D eigenvalue weighted by atomic mass is 19.4. The molecule has 1 saturated heterocycles. The predicted octanol–water partition coefficient (Wildman–Crippen LogP) is 1.94. The van der Waals surface area contributed by atoms with Crippen molar-refractivity contribution < 1.29 is 18.0 Å². The highest BCUT2D eigenvalue weighted by Gasteiger charge is 2.41. The largest absolute Gasteiger partial charge is 0.391 e. The van der Waals surface area contributed by atoms with Crippen molar-refractivity contribution in [1.82, 2.24) is 9.80 Å². The van der Waals surface area contributed by atoms with Crippen LogP contribution in [0, 0.1) is 5.92 Å². The normalized spacial score (nSPS) is 19.1. The van der Waals surface area contributed by atoms with Gasteiger partial charge in [-0.15, -0.1) is 0 Å². The second kappa shape index (κ2) is 4.28. The number of hydrogen-bond acceptors (Lipinski definition) is 1. The zero-order chi connectivity index (χ0) is 11.6. The summed E-state index contributed by atoms with van der Waals surface area (Å²) in [6.07, 6.45) is -4.08. The zero-order valence-electron chi connectivity index (χ0n) is 8.84. The molecule has 1 aliphatic heterocycles. The lowest BCUT2D eigenvalue weighted by molar-refractivity contribution is -0.183. The molecule has 2 amide bonds. The highest BCUT2D eigenvalue weighted by molar-refractivity contribution is 5.73. The summed E-state index contributed by atoms with van der Waals surface area (Å²) in [7, 11) is 3.19. The summed E-state index contributed by atoms with van der Waals surface area (Å²) in [6.45, 7) is 0.391. The number of carbonyl (C=O) groups is 1. The number of urea groups is 1. The van der Waals surface area contributed by atoms with Crippen LogP contribution in [0.1, 0.15) is 12.8 Å². The van der Waals surface area contributed by atoms with E-state index in [9.17, 15) is 18.0 Å². The summed E-state index contributed by atoms with van der Waals surface area (Å²) < 4.78 is 36.9. The molecule has 0 bridgehead atoms. The fraction of sp³-hybridized carbons (Fsp3) is 0.889. The van der Waals surface area contributed by atoms with Crippen LogP contribution in [0.4, 0.5) is 18.0 Å². The average Bonchev–Trinajstić information content (AvgIpc) is 2.15. The van der Waals surface area contributed by atoms with Crippen LogP contribution in [-0.2, 0) is 0 Å². The maximum absolute atomic E-state index is 12.3. The van der Waals surface area contributed by atoms with Gasteiger partial charge in [0, 0.05) is 27.2 Å². The Morgan fingerprint density at radius 2 is 1.73 bits per heavy atom. The van der Waals surface area contributed by atoms with E-state index in [4.69, 9.17) is 0 Å². The van der Waals surface area contributed by atoms with Crippen molar-refractivity contribution in [1.29, 1.82) is 0 Å². The first kappa shape index (κ1) is 12.1. The fourth-order valence-corrected chi connectivity index (χ4v) is 1.68. The van der Waals surface area contributed by atoms with Gasteiger partial charge in [0.2, 0.25) is 0 Å². The fourth-order valence-electron chi connectivity index (χ4n) is 1.68. The molecule has 0 spiro atoms. The van der Waals surface area contributed by atoms with Crippen LogP contribution in [0.3, 0.4) is 0 Å². The molecule has 0 atom stereocenters. The van der Waals surface area contributed by atoms with Gasteiger partial charge in [-0.3, -0.25) is 0 Å². The van der Waals surface area contributed by atoms with Gasteiger partial charge in [-0.25, -0.2) is 4.79 Å². The number of piperidine rings is 1. The molecule has 1 fully saturated rings. The van der Waals surface area contributed by atoms with E-state index < -0.39 is 12.1 Å². The molecule has 0 radical (unpaired) electrons. The summed E-state index contributed by atoms with van der Waals surface area (Å²) in [5.41, 5.74) is 0. The minimum Gasteiger partial charge on any atom is -0.331 e. The Bertz CT molecular complexity index is 232. The van der Waals surface area contributed by atoms with Gasteiger partial charge in [0.1, 0.15) is 0 Å². The molecule has 1 aliphatic rings. The van der Waals surface area contributed by atoms with E-state index in [2.05, 4.69) is 0 Å². The van der Waals surface area contributed by atoms with Gasteiger partial charge >= 0.3 is 12.2 Å². The van der Waals surface area contributed by atoms with E-state index in [1.54, 1.807) is 14.1 Å². The third kappa shape index (κ3) is 3.00. The quantitative estimate of drug-likeness (QED) is 0.616. The minimum absolute atomic E-state index is 0.0169. The number of carbonyl (C=O) groups excluding carboxylic acids is 1. The zero-order valence-corrected chi connectivity index (χ0v) is 8.84. The van der Waals surface area contributed by atoms with Crippen LogP contribution >= 0.6 is 0 Å². The molecule has 0 N–H and O–H groups in total. The molecule has 0 aromatic heterocycles. The van der Waals surface area contributed by atoms with Crippen molar-refractivity contribution in [2.24, 2.45) is 5.92 Å². The lowest BCUT2D eigenvalue weighted by Crippen LogP contribution is -2.46. The van der Waals surface area contributed by atoms with Crippen molar-refractivity contribution in [3.05, 3.63) is 0 Å². The molecule has 3 nitrogen and oxygen atoms in total. The van der Waals surface area contributed by atoms with Crippen molar-refractivity contribution in [3.8, 4) is 0 Å². The Balaban J connectivity index is 2.46. The number of halogens is 3. The molecule has 0 aromatic rings. The topological polar surface area (TPSA) is 23.6 Å². The standard InChI is InChI=1S/C9H15F3N2O/c1-13(2)8(15)14-5-3-7(4-6-14)9(10,11)12/h7H,3-6H2,1-2H3. The SMILES string of the molecule is CN(C)C(=O)N1CCC(C(F)(F)F)CC1. The molecule has 0 unspecified atom stereocenters. The molecule has 1 rings (SSSR count). The van der Waals surface area contributed by atoms with Crippen LogP contribution < -0.4 is 0 Å². The lowest BCUT2D eigenvalue weighted by atomic mass is 9.96. The van der Waals surface area contributed by atoms with Crippen LogP contribution in [0.5, 0.6) is 0 Å². The van der Waals surface area contributed by atoms with E-state index in [1.165, 1.54) is 9.80 Å². The monoisotopic (exact) mass is 224 g/mol. The third-order valence-corrected chi connectivity index (χ3v) is 2.61. The first-order chi connectivity index (χ1) is 6.82. The van der Waals surface area contributed by atoms with Crippen molar-refractivity contribution in [3.63, 3.8) is 0 Å². The molecule has 0 aliphatic carbocycles. The third-order valence-electron chi connectivity index (χ3n) is 2.61. The Morgan fingerprint density at radius 3 is 2.07 bits per heavy atom. The molecule has 88 valence electrons. The van der Waals surface area contributed by atoms with E-state index in [0.717, 1.165) is 0 Å². The second-order valence-electron chi connectivity index (χ2n) is 3.98. The number of amides is 2. The van der Waals surface area contributed by atoms with Gasteiger partial charge in [-0.2, -0.15) is 13.2 Å². The maximum Gasteiger partial charge on any atom is 0.391 e. The smallest absolute Gasteiger partial charge is 0.331 e. The number of alkyl halides is 3. The maximum atomic E-state index is 12.3. The molecule has 0 aromatic carbocycles. The number of nitrogens with zero attached hydrogens (tertiary/aromatic N) is 2. The van der Waals surface area contributed by atoms with Gasteiger partial charge in [0.05, 0.1) is 5.92 Å². The van der Waals surface area contributed by atoms with E-state index >= 15 is 0 Å². The highest BCUT2D eigenvalue weighted by Crippen LogP contribution is 2.34. The van der Waals surface area contributed by atoms with Gasteiger partial charge < -0.3 is 9.80 Å². The van der Waals surface area contributed by atoms with Gasteiger partial charge in [-0.1, -0.05) is 0 Å². The van der Waals surface area contributed by atoms with Crippen molar-refractivity contribution in [2.45, 2.75) is 19.0 Å². The lowest BCUT2D eigenvalue weighted by Gasteiger charge is -2.34.